The van der Waals surface area contributed by atoms with Crippen molar-refractivity contribution in [2.75, 3.05) is 43.4 Å². The predicted molar refractivity (Wildman–Crippen MR) is 108 cm³/mol. The molecule has 0 saturated carbocycles. The predicted octanol–water partition coefficient (Wildman–Crippen LogP) is 2.21. The van der Waals surface area contributed by atoms with Gasteiger partial charge < -0.3 is 20.9 Å². The van der Waals surface area contributed by atoms with Gasteiger partial charge in [0.15, 0.2) is 5.69 Å². The quantitative estimate of drug-likeness (QED) is 0.796. The third kappa shape index (κ3) is 4.24. The molecule has 0 aliphatic carbocycles. The molecule has 2 heterocycles. The van der Waals surface area contributed by atoms with Gasteiger partial charge in [0.1, 0.15) is 10.7 Å². The Morgan fingerprint density at radius 3 is 2.57 bits per heavy atom. The van der Waals surface area contributed by atoms with Crippen LogP contribution in [-0.2, 0) is 0 Å². The monoisotopic (exact) mass is 405 g/mol. The number of halogens is 1. The number of amides is 2. The first-order valence-electron chi connectivity index (χ1n) is 9.20. The summed E-state index contributed by atoms with van der Waals surface area (Å²) in [5.41, 5.74) is 6.79. The molecule has 0 bridgehead atoms. The van der Waals surface area contributed by atoms with Crippen molar-refractivity contribution < 1.29 is 14.0 Å². The number of nitrogens with one attached hydrogen (secondary N) is 1. The van der Waals surface area contributed by atoms with E-state index in [2.05, 4.69) is 9.69 Å². The fraction of sp³-hybridized carbons (Fsp3) is 0.421. The van der Waals surface area contributed by atoms with E-state index in [4.69, 9.17) is 5.73 Å². The van der Waals surface area contributed by atoms with Crippen LogP contribution in [0.2, 0.25) is 0 Å². The first-order chi connectivity index (χ1) is 13.4. The van der Waals surface area contributed by atoms with Gasteiger partial charge in [-0.1, -0.05) is 26.0 Å². The molecular weight excluding hydrogens is 381 g/mol. The number of anilines is 2. The Balaban J connectivity index is 1.64. The van der Waals surface area contributed by atoms with Crippen molar-refractivity contribution in [2.24, 2.45) is 5.92 Å². The zero-order chi connectivity index (χ0) is 20.3. The summed E-state index contributed by atoms with van der Waals surface area (Å²) < 4.78 is 18.0. The molecule has 0 spiro atoms. The number of nitrogen functional groups attached to an aromatic ring is 1. The van der Waals surface area contributed by atoms with E-state index in [0.29, 0.717) is 44.3 Å². The second-order valence-electron chi connectivity index (χ2n) is 7.11. The maximum absolute atomic E-state index is 14.0. The highest BCUT2D eigenvalue weighted by Gasteiger charge is 2.28. The fourth-order valence-electron chi connectivity index (χ4n) is 3.00. The number of piperazine rings is 1. The highest BCUT2D eigenvalue weighted by Crippen LogP contribution is 2.25. The average Bonchev–Trinajstić information content (AvgIpc) is 3.07. The third-order valence-corrected chi connectivity index (χ3v) is 5.42. The van der Waals surface area contributed by atoms with Gasteiger partial charge in [0.05, 0.1) is 11.4 Å². The van der Waals surface area contributed by atoms with Crippen molar-refractivity contribution in [3.63, 3.8) is 0 Å². The molecule has 1 aromatic heterocycles. The number of hydrogen-bond acceptors (Lipinski definition) is 6. The van der Waals surface area contributed by atoms with Gasteiger partial charge in [-0.2, -0.15) is 4.37 Å². The van der Waals surface area contributed by atoms with Crippen molar-refractivity contribution in [1.29, 1.82) is 0 Å². The molecule has 1 aliphatic heterocycles. The SMILES string of the molecule is CC(C)CNC(=O)c1nsc(C(=O)N2CCN(c3ccccc3F)CC2)c1N. The standard InChI is InChI=1S/C19H24FN5O2S/c1-12(2)11-22-18(26)16-15(21)17(28-23-16)19(27)25-9-7-24(8-10-25)14-6-4-3-5-13(14)20/h3-6,12H,7-11,21H2,1-2H3,(H,22,26). The number of nitrogens with zero attached hydrogens (tertiary/aromatic N) is 3. The van der Waals surface area contributed by atoms with Crippen LogP contribution in [0, 0.1) is 11.7 Å². The zero-order valence-corrected chi connectivity index (χ0v) is 16.8. The molecule has 9 heteroatoms. The lowest BCUT2D eigenvalue weighted by molar-refractivity contribution is 0.0752. The Morgan fingerprint density at radius 1 is 1.25 bits per heavy atom. The maximum atomic E-state index is 14.0. The van der Waals surface area contributed by atoms with Crippen molar-refractivity contribution in [3.8, 4) is 0 Å². The maximum Gasteiger partial charge on any atom is 0.273 e. The number of carbonyl (C=O) groups excluding carboxylic acids is 2. The Kier molecular flexibility index (Phi) is 6.13. The molecule has 1 saturated heterocycles. The molecule has 3 rings (SSSR count). The highest BCUT2D eigenvalue weighted by molar-refractivity contribution is 7.09. The van der Waals surface area contributed by atoms with Gasteiger partial charge in [0.25, 0.3) is 11.8 Å². The lowest BCUT2D eigenvalue weighted by Crippen LogP contribution is -2.49. The van der Waals surface area contributed by atoms with Gasteiger partial charge in [-0.05, 0) is 29.6 Å². The molecule has 2 aromatic rings. The number of para-hydroxylation sites is 1. The van der Waals surface area contributed by atoms with E-state index in [0.717, 1.165) is 11.5 Å². The molecule has 2 amide bonds. The summed E-state index contributed by atoms with van der Waals surface area (Å²) in [7, 11) is 0. The number of carbonyl (C=O) groups is 2. The smallest absolute Gasteiger partial charge is 0.273 e. The van der Waals surface area contributed by atoms with Crippen molar-refractivity contribution >= 4 is 34.7 Å². The molecule has 1 aliphatic rings. The van der Waals surface area contributed by atoms with Crippen LogP contribution in [0.25, 0.3) is 0 Å². The van der Waals surface area contributed by atoms with Gasteiger partial charge >= 0.3 is 0 Å². The largest absolute Gasteiger partial charge is 0.395 e. The normalized spacial score (nSPS) is 14.4. The zero-order valence-electron chi connectivity index (χ0n) is 15.9. The molecule has 28 heavy (non-hydrogen) atoms. The lowest BCUT2D eigenvalue weighted by atomic mass is 10.2. The summed E-state index contributed by atoms with van der Waals surface area (Å²) in [5, 5.41) is 2.76. The number of benzene rings is 1. The van der Waals surface area contributed by atoms with Gasteiger partial charge in [-0.25, -0.2) is 4.39 Å². The van der Waals surface area contributed by atoms with E-state index in [-0.39, 0.29) is 33.9 Å². The van der Waals surface area contributed by atoms with Crippen LogP contribution in [0.1, 0.15) is 34.0 Å². The number of hydrogen-bond donors (Lipinski definition) is 2. The van der Waals surface area contributed by atoms with Crippen LogP contribution in [0.15, 0.2) is 24.3 Å². The molecule has 0 radical (unpaired) electrons. The van der Waals surface area contributed by atoms with E-state index < -0.39 is 0 Å². The minimum absolute atomic E-state index is 0.0963. The van der Waals surface area contributed by atoms with Crippen molar-refractivity contribution in [3.05, 3.63) is 40.7 Å². The summed E-state index contributed by atoms with van der Waals surface area (Å²) in [6, 6.07) is 6.60. The number of rotatable bonds is 5. The first kappa shape index (κ1) is 20.1. The summed E-state index contributed by atoms with van der Waals surface area (Å²) in [4.78, 5) is 28.9. The Hall–Kier alpha value is -2.68. The minimum atomic E-state index is -0.370. The summed E-state index contributed by atoms with van der Waals surface area (Å²) in [6.07, 6.45) is 0. The van der Waals surface area contributed by atoms with E-state index in [1.807, 2.05) is 18.7 Å². The topological polar surface area (TPSA) is 91.6 Å². The fourth-order valence-corrected chi connectivity index (χ4v) is 3.76. The molecule has 0 atom stereocenters. The lowest BCUT2D eigenvalue weighted by Gasteiger charge is -2.36. The minimum Gasteiger partial charge on any atom is -0.395 e. The summed E-state index contributed by atoms with van der Waals surface area (Å²) >= 11 is 0.939. The first-order valence-corrected chi connectivity index (χ1v) is 9.98. The third-order valence-electron chi connectivity index (χ3n) is 4.57. The van der Waals surface area contributed by atoms with Gasteiger partial charge in [0, 0.05) is 32.7 Å². The summed E-state index contributed by atoms with van der Waals surface area (Å²) in [6.45, 7) is 6.41. The van der Waals surface area contributed by atoms with Crippen LogP contribution >= 0.6 is 11.5 Å². The highest BCUT2D eigenvalue weighted by atomic mass is 32.1. The Bertz CT molecular complexity index is 862. The number of aromatic nitrogens is 1. The second-order valence-corrected chi connectivity index (χ2v) is 7.88. The van der Waals surface area contributed by atoms with E-state index in [9.17, 15) is 14.0 Å². The van der Waals surface area contributed by atoms with E-state index in [1.165, 1.54) is 6.07 Å². The van der Waals surface area contributed by atoms with E-state index >= 15 is 0 Å². The van der Waals surface area contributed by atoms with Crippen LogP contribution in [0.4, 0.5) is 15.8 Å². The molecule has 150 valence electrons. The summed E-state index contributed by atoms with van der Waals surface area (Å²) in [5.74, 6) is -0.585. The number of nitrogens with two attached hydrogens (primary N) is 1. The van der Waals surface area contributed by atoms with Crippen LogP contribution in [0.5, 0.6) is 0 Å². The van der Waals surface area contributed by atoms with Crippen molar-refractivity contribution in [1.82, 2.24) is 14.6 Å². The molecule has 0 unspecified atom stereocenters. The Morgan fingerprint density at radius 2 is 1.93 bits per heavy atom. The van der Waals surface area contributed by atoms with Gasteiger partial charge in [-0.3, -0.25) is 9.59 Å². The van der Waals surface area contributed by atoms with Gasteiger partial charge in [0.2, 0.25) is 0 Å². The van der Waals surface area contributed by atoms with Crippen LogP contribution in [-0.4, -0.2) is 53.8 Å². The van der Waals surface area contributed by atoms with Crippen LogP contribution < -0.4 is 16.0 Å². The van der Waals surface area contributed by atoms with E-state index in [1.54, 1.807) is 23.1 Å². The van der Waals surface area contributed by atoms with Crippen LogP contribution in [0.3, 0.4) is 0 Å². The average molecular weight is 405 g/mol. The molecule has 1 aromatic carbocycles. The van der Waals surface area contributed by atoms with Crippen molar-refractivity contribution in [2.45, 2.75) is 13.8 Å². The molecule has 3 N–H and O–H groups in total. The molecule has 1 fully saturated rings. The van der Waals surface area contributed by atoms with Gasteiger partial charge in [-0.15, -0.1) is 0 Å². The molecular formula is C19H24FN5O2S. The second kappa shape index (κ2) is 8.55. The molecule has 7 nitrogen and oxygen atoms in total. The Labute approximate surface area is 167 Å².